The summed E-state index contributed by atoms with van der Waals surface area (Å²) in [5, 5.41) is 0. The van der Waals surface area contributed by atoms with Crippen molar-refractivity contribution in [2.45, 2.75) is 58.1 Å². The molecule has 120 valence electrons. The Bertz CT molecular complexity index is 577. The number of amides is 1. The number of nitrogen functional groups attached to an aromatic ring is 1. The third-order valence-corrected chi connectivity index (χ3v) is 4.69. The number of anilines is 1. The minimum absolute atomic E-state index is 0.180. The molecule has 1 fully saturated rings. The topological polar surface area (TPSA) is 55.6 Å². The van der Waals surface area contributed by atoms with Crippen molar-refractivity contribution in [3.05, 3.63) is 29.3 Å². The molecule has 4 heteroatoms. The predicted molar refractivity (Wildman–Crippen MR) is 87.7 cm³/mol. The van der Waals surface area contributed by atoms with Gasteiger partial charge in [-0.2, -0.15) is 0 Å². The Kier molecular flexibility index (Phi) is 3.79. The number of carbonyl (C=O) groups is 1. The van der Waals surface area contributed by atoms with E-state index in [1.165, 1.54) is 17.5 Å². The summed E-state index contributed by atoms with van der Waals surface area (Å²) in [5.74, 6) is 0.504. The van der Waals surface area contributed by atoms with Crippen LogP contribution in [0.3, 0.4) is 0 Å². The number of piperidine rings is 1. The van der Waals surface area contributed by atoms with Gasteiger partial charge in [-0.15, -0.1) is 0 Å². The average Bonchev–Trinajstić information content (AvgIpc) is 2.37. The van der Waals surface area contributed by atoms with E-state index in [0.29, 0.717) is 5.92 Å². The van der Waals surface area contributed by atoms with Gasteiger partial charge in [-0.25, -0.2) is 4.79 Å². The molecule has 0 aromatic heterocycles. The molecule has 22 heavy (non-hydrogen) atoms. The summed E-state index contributed by atoms with van der Waals surface area (Å²) in [6.07, 6.45) is 3.89. The zero-order valence-electron chi connectivity index (χ0n) is 13.8. The molecule has 1 aliphatic carbocycles. The van der Waals surface area contributed by atoms with E-state index in [0.717, 1.165) is 31.5 Å². The first-order chi connectivity index (χ1) is 10.3. The van der Waals surface area contributed by atoms with Crippen LogP contribution in [0, 0.1) is 5.92 Å². The van der Waals surface area contributed by atoms with Gasteiger partial charge in [0.15, 0.2) is 0 Å². The summed E-state index contributed by atoms with van der Waals surface area (Å²) >= 11 is 0. The molecule has 4 rings (SSSR count). The summed E-state index contributed by atoms with van der Waals surface area (Å²) < 4.78 is 5.60. The van der Waals surface area contributed by atoms with Crippen LogP contribution in [0.5, 0.6) is 0 Å². The maximum Gasteiger partial charge on any atom is 0.410 e. The number of benzene rings is 1. The van der Waals surface area contributed by atoms with Gasteiger partial charge >= 0.3 is 6.09 Å². The number of rotatable bonds is 0. The van der Waals surface area contributed by atoms with Crippen molar-refractivity contribution < 1.29 is 9.53 Å². The molecule has 2 bridgehead atoms. The van der Waals surface area contributed by atoms with Gasteiger partial charge < -0.3 is 15.4 Å². The van der Waals surface area contributed by atoms with Crippen molar-refractivity contribution in [1.29, 1.82) is 0 Å². The Morgan fingerprint density at radius 2 is 2.05 bits per heavy atom. The second kappa shape index (κ2) is 5.49. The largest absolute Gasteiger partial charge is 0.444 e. The normalized spacial score (nSPS) is 24.4. The van der Waals surface area contributed by atoms with E-state index in [1.54, 1.807) is 0 Å². The number of nitrogens with two attached hydrogens (primary N) is 1. The minimum Gasteiger partial charge on any atom is -0.444 e. The molecule has 0 saturated carbocycles. The van der Waals surface area contributed by atoms with E-state index in [1.807, 2.05) is 37.8 Å². The first-order valence-corrected chi connectivity index (χ1v) is 8.19. The van der Waals surface area contributed by atoms with E-state index in [4.69, 9.17) is 10.5 Å². The Morgan fingerprint density at radius 1 is 1.27 bits per heavy atom. The molecular weight excluding hydrogens is 276 g/mol. The Morgan fingerprint density at radius 3 is 2.77 bits per heavy atom. The third kappa shape index (κ3) is 3.06. The van der Waals surface area contributed by atoms with Crippen LogP contribution >= 0.6 is 0 Å². The molecule has 2 heterocycles. The summed E-state index contributed by atoms with van der Waals surface area (Å²) in [4.78, 5) is 14.5. The van der Waals surface area contributed by atoms with Crippen molar-refractivity contribution in [3.63, 3.8) is 0 Å². The van der Waals surface area contributed by atoms with Crippen LogP contribution in [0.15, 0.2) is 18.2 Å². The van der Waals surface area contributed by atoms with E-state index in [-0.39, 0.29) is 12.1 Å². The molecule has 3 aliphatic rings. The molecular formula is C18H26N2O2. The molecule has 2 unspecified atom stereocenters. The van der Waals surface area contributed by atoms with Crippen molar-refractivity contribution in [2.75, 3.05) is 12.3 Å². The molecule has 1 aromatic rings. The molecule has 1 aromatic carbocycles. The lowest BCUT2D eigenvalue weighted by molar-refractivity contribution is 0.00196. The van der Waals surface area contributed by atoms with E-state index >= 15 is 0 Å². The maximum atomic E-state index is 12.5. The third-order valence-electron chi connectivity index (χ3n) is 4.69. The fraction of sp³-hybridized carbons (Fsp3) is 0.611. The minimum atomic E-state index is -0.449. The zero-order valence-corrected chi connectivity index (χ0v) is 13.8. The number of nitrogens with zero attached hydrogens (tertiary/aromatic N) is 1. The van der Waals surface area contributed by atoms with Gasteiger partial charge in [0.25, 0.3) is 0 Å². The Hall–Kier alpha value is -1.71. The van der Waals surface area contributed by atoms with Crippen LogP contribution in [-0.2, 0) is 17.6 Å². The second-order valence-corrected chi connectivity index (χ2v) is 7.62. The standard InChI is InChI=1S/C18H26N2O2/c1-18(2,3)22-17(21)20-11-12-7-8-14(20)10-15-13(9-12)5-4-6-16(15)19/h4-6,12,14H,7-11,19H2,1-3H3. The van der Waals surface area contributed by atoms with E-state index in [9.17, 15) is 4.79 Å². The van der Waals surface area contributed by atoms with Gasteiger partial charge in [-0.3, -0.25) is 0 Å². The summed E-state index contributed by atoms with van der Waals surface area (Å²) in [5.41, 5.74) is 9.18. The molecule has 1 saturated heterocycles. The molecule has 0 radical (unpaired) electrons. The smallest absolute Gasteiger partial charge is 0.410 e. The van der Waals surface area contributed by atoms with Crippen LogP contribution in [0.1, 0.15) is 44.7 Å². The summed E-state index contributed by atoms with van der Waals surface area (Å²) in [6.45, 7) is 6.55. The number of hydrogen-bond acceptors (Lipinski definition) is 3. The van der Waals surface area contributed by atoms with Gasteiger partial charge in [0.1, 0.15) is 5.60 Å². The van der Waals surface area contributed by atoms with Gasteiger partial charge in [-0.1, -0.05) is 12.1 Å². The highest BCUT2D eigenvalue weighted by atomic mass is 16.6. The summed E-state index contributed by atoms with van der Waals surface area (Å²) in [7, 11) is 0. The van der Waals surface area contributed by atoms with E-state index < -0.39 is 5.60 Å². The highest BCUT2D eigenvalue weighted by molar-refractivity contribution is 5.69. The Balaban J connectivity index is 1.87. The van der Waals surface area contributed by atoms with Gasteiger partial charge in [0.2, 0.25) is 0 Å². The monoisotopic (exact) mass is 302 g/mol. The maximum absolute atomic E-state index is 12.5. The second-order valence-electron chi connectivity index (χ2n) is 7.62. The van der Waals surface area contributed by atoms with Gasteiger partial charge in [0, 0.05) is 18.3 Å². The van der Waals surface area contributed by atoms with Gasteiger partial charge in [0.05, 0.1) is 0 Å². The van der Waals surface area contributed by atoms with Crippen molar-refractivity contribution in [3.8, 4) is 0 Å². The zero-order chi connectivity index (χ0) is 15.9. The average molecular weight is 302 g/mol. The first-order valence-electron chi connectivity index (χ1n) is 8.19. The molecule has 1 amide bonds. The number of hydrogen-bond donors (Lipinski definition) is 1. The Labute approximate surface area is 132 Å². The predicted octanol–water partition coefficient (Wildman–Crippen LogP) is 3.38. The molecule has 4 nitrogen and oxygen atoms in total. The number of ether oxygens (including phenoxy) is 1. The highest BCUT2D eigenvalue weighted by Gasteiger charge is 2.37. The molecule has 0 spiro atoms. The molecule has 2 atom stereocenters. The quantitative estimate of drug-likeness (QED) is 0.747. The van der Waals surface area contributed by atoms with Crippen LogP contribution in [0.4, 0.5) is 10.5 Å². The van der Waals surface area contributed by atoms with Crippen LogP contribution in [0.2, 0.25) is 0 Å². The lowest BCUT2D eigenvalue weighted by atomic mass is 9.80. The van der Waals surface area contributed by atoms with E-state index in [2.05, 4.69) is 6.07 Å². The van der Waals surface area contributed by atoms with Crippen molar-refractivity contribution in [2.24, 2.45) is 5.92 Å². The van der Waals surface area contributed by atoms with Crippen LogP contribution < -0.4 is 5.73 Å². The summed E-state index contributed by atoms with van der Waals surface area (Å²) in [6, 6.07) is 6.39. The number of carbonyl (C=O) groups excluding carboxylic acids is 1. The SMILES string of the molecule is CC(C)(C)OC(=O)N1CC2CCC1Cc1c(N)cccc1C2. The fourth-order valence-corrected chi connectivity index (χ4v) is 3.67. The van der Waals surface area contributed by atoms with Crippen LogP contribution in [-0.4, -0.2) is 29.2 Å². The fourth-order valence-electron chi connectivity index (χ4n) is 3.67. The van der Waals surface area contributed by atoms with Crippen LogP contribution in [0.25, 0.3) is 0 Å². The number of fused-ring (bicyclic) bond motifs is 2. The first kappa shape index (κ1) is 15.2. The lowest BCUT2D eigenvalue weighted by Crippen LogP contribution is -2.51. The lowest BCUT2D eigenvalue weighted by Gasteiger charge is -2.42. The van der Waals surface area contributed by atoms with Crippen molar-refractivity contribution >= 4 is 11.8 Å². The molecule has 2 aliphatic heterocycles. The van der Waals surface area contributed by atoms with Crippen molar-refractivity contribution in [1.82, 2.24) is 4.90 Å². The molecule has 2 N–H and O–H groups in total. The highest BCUT2D eigenvalue weighted by Crippen LogP contribution is 2.34. The van der Waals surface area contributed by atoms with Gasteiger partial charge in [-0.05, 0) is 69.6 Å².